The number of carbonyl (C=O) groups is 2. The minimum Gasteiger partial charge on any atom is -0.302 e. The fourth-order valence-corrected chi connectivity index (χ4v) is 9.09. The lowest BCUT2D eigenvalue weighted by Crippen LogP contribution is -2.35. The van der Waals surface area contributed by atoms with Crippen LogP contribution in [0.25, 0.3) is 0 Å². The van der Waals surface area contributed by atoms with Crippen LogP contribution < -0.4 is 10.6 Å². The molecule has 2 N–H and O–H groups in total. The molecule has 0 aliphatic carbocycles. The van der Waals surface area contributed by atoms with E-state index in [-0.39, 0.29) is 11.8 Å². The number of rotatable bonds is 10. The summed E-state index contributed by atoms with van der Waals surface area (Å²) in [4.78, 5) is 47.2. The molecule has 268 valence electrons. The second-order valence-electron chi connectivity index (χ2n) is 14.0. The Balaban J connectivity index is 0.000000194. The number of hydrogen-bond donors (Lipinski definition) is 2. The predicted octanol–water partition coefficient (Wildman–Crippen LogP) is 7.14. The highest BCUT2D eigenvalue weighted by molar-refractivity contribution is 7.16. The normalized spacial score (nSPS) is 18.3. The summed E-state index contributed by atoms with van der Waals surface area (Å²) in [6.07, 6.45) is 11.1. The number of aryl methyl sites for hydroxylation is 4. The molecule has 6 rings (SSSR count). The lowest BCUT2D eigenvalue weighted by atomic mass is 9.91. The second-order valence-corrected chi connectivity index (χ2v) is 16.3. The van der Waals surface area contributed by atoms with Gasteiger partial charge in [0.15, 0.2) is 10.3 Å². The fourth-order valence-electron chi connectivity index (χ4n) is 7.29. The van der Waals surface area contributed by atoms with Crippen molar-refractivity contribution in [2.24, 2.45) is 11.8 Å². The largest absolute Gasteiger partial charge is 0.302 e. The summed E-state index contributed by atoms with van der Waals surface area (Å²) >= 11 is 3.14. The number of aromatic nitrogens is 4. The maximum absolute atomic E-state index is 11.1. The third kappa shape index (κ3) is 12.3. The first-order valence-electron chi connectivity index (χ1n) is 17.7. The number of anilines is 2. The van der Waals surface area contributed by atoms with Gasteiger partial charge in [0, 0.05) is 85.0 Å². The van der Waals surface area contributed by atoms with Crippen molar-refractivity contribution in [1.29, 1.82) is 0 Å². The van der Waals surface area contributed by atoms with Gasteiger partial charge in [-0.05, 0) is 127 Å². The van der Waals surface area contributed by atoms with E-state index in [0.717, 1.165) is 74.9 Å². The van der Waals surface area contributed by atoms with E-state index in [9.17, 15) is 9.59 Å². The molecule has 0 spiro atoms. The van der Waals surface area contributed by atoms with Gasteiger partial charge in [0.25, 0.3) is 0 Å². The molecule has 2 amide bonds. The number of amides is 2. The molecule has 6 heterocycles. The number of nitrogens with zero attached hydrogens (tertiary/aromatic N) is 6. The van der Waals surface area contributed by atoms with E-state index in [4.69, 9.17) is 0 Å². The molecular weight excluding hydrogens is 665 g/mol. The molecule has 2 atom stereocenters. The van der Waals surface area contributed by atoms with Crippen LogP contribution in [-0.2, 0) is 35.5 Å². The van der Waals surface area contributed by atoms with Gasteiger partial charge in [0.05, 0.1) is 0 Å². The molecule has 2 aliphatic rings. The zero-order chi connectivity index (χ0) is 35.6. The van der Waals surface area contributed by atoms with Crippen LogP contribution in [0.2, 0.25) is 0 Å². The highest BCUT2D eigenvalue weighted by Gasteiger charge is 2.23. The van der Waals surface area contributed by atoms with Gasteiger partial charge in [0.1, 0.15) is 0 Å². The number of thiazole rings is 2. The minimum absolute atomic E-state index is 0.0677. The Bertz CT molecular complexity index is 1570. The summed E-state index contributed by atoms with van der Waals surface area (Å²) in [6.45, 7) is 17.7. The van der Waals surface area contributed by atoms with E-state index >= 15 is 0 Å². The third-order valence-corrected chi connectivity index (χ3v) is 10.8. The first-order chi connectivity index (χ1) is 23.9. The van der Waals surface area contributed by atoms with Gasteiger partial charge >= 0.3 is 0 Å². The summed E-state index contributed by atoms with van der Waals surface area (Å²) in [5.74, 6) is 1.25. The van der Waals surface area contributed by atoms with E-state index in [2.05, 4.69) is 92.3 Å². The Morgan fingerprint density at radius 2 is 1.06 bits per heavy atom. The van der Waals surface area contributed by atoms with Crippen molar-refractivity contribution < 1.29 is 9.59 Å². The molecular formula is C38H52N8O2S2. The van der Waals surface area contributed by atoms with Crippen molar-refractivity contribution in [3.63, 3.8) is 0 Å². The molecule has 2 saturated heterocycles. The molecule has 12 heteroatoms. The van der Waals surface area contributed by atoms with E-state index in [1.807, 2.05) is 12.4 Å². The molecule has 50 heavy (non-hydrogen) atoms. The first-order valence-corrected chi connectivity index (χ1v) is 19.4. The fraction of sp³-hybridized carbons (Fsp3) is 0.526. The van der Waals surface area contributed by atoms with Crippen LogP contribution in [0.15, 0.2) is 36.7 Å². The zero-order valence-electron chi connectivity index (χ0n) is 30.4. The zero-order valence-corrected chi connectivity index (χ0v) is 32.1. The highest BCUT2D eigenvalue weighted by atomic mass is 32.1. The predicted molar refractivity (Wildman–Crippen MR) is 204 cm³/mol. The van der Waals surface area contributed by atoms with Crippen LogP contribution in [0.1, 0.15) is 83.2 Å². The van der Waals surface area contributed by atoms with Gasteiger partial charge in [0.2, 0.25) is 11.8 Å². The Morgan fingerprint density at radius 1 is 0.680 bits per heavy atom. The van der Waals surface area contributed by atoms with Gasteiger partial charge in [-0.25, -0.2) is 9.97 Å². The van der Waals surface area contributed by atoms with Crippen molar-refractivity contribution >= 4 is 44.8 Å². The van der Waals surface area contributed by atoms with Crippen LogP contribution in [0.3, 0.4) is 0 Å². The monoisotopic (exact) mass is 716 g/mol. The van der Waals surface area contributed by atoms with Gasteiger partial charge < -0.3 is 10.6 Å². The molecule has 0 aromatic carbocycles. The van der Waals surface area contributed by atoms with Gasteiger partial charge in [-0.2, -0.15) is 0 Å². The number of nitrogens with one attached hydrogen (secondary N) is 2. The average molecular weight is 717 g/mol. The molecule has 2 fully saturated rings. The Hall–Kier alpha value is -3.58. The number of piperidine rings is 2. The van der Waals surface area contributed by atoms with Crippen molar-refractivity contribution in [3.8, 4) is 0 Å². The van der Waals surface area contributed by atoms with Crippen molar-refractivity contribution in [3.05, 3.63) is 80.3 Å². The molecule has 0 bridgehead atoms. The van der Waals surface area contributed by atoms with E-state index < -0.39 is 0 Å². The maximum atomic E-state index is 11.1. The Labute approximate surface area is 305 Å². The molecule has 4 aromatic rings. The third-order valence-electron chi connectivity index (χ3n) is 8.97. The molecule has 0 radical (unpaired) electrons. The molecule has 4 aromatic heterocycles. The summed E-state index contributed by atoms with van der Waals surface area (Å²) in [6, 6.07) is 8.87. The van der Waals surface area contributed by atoms with Gasteiger partial charge in [-0.1, -0.05) is 0 Å². The SMILES string of the molecule is CC(=O)Nc1ncc(CN2CCC[C@@H](Cc3cc(C)nc(C)c3)C2)s1.CC(=O)Nc1ncc(CN2CCC[C@H](Cc3cc(C)nc(C)c3)C2)s1. The van der Waals surface area contributed by atoms with Crippen LogP contribution in [0, 0.1) is 39.5 Å². The number of carbonyl (C=O) groups excluding carboxylic acids is 2. The lowest BCUT2D eigenvalue weighted by Gasteiger charge is -2.32. The highest BCUT2D eigenvalue weighted by Crippen LogP contribution is 2.27. The summed E-state index contributed by atoms with van der Waals surface area (Å²) in [5, 5.41) is 6.90. The second kappa shape index (κ2) is 18.1. The topological polar surface area (TPSA) is 116 Å². The summed E-state index contributed by atoms with van der Waals surface area (Å²) < 4.78 is 0. The van der Waals surface area contributed by atoms with Crippen LogP contribution >= 0.6 is 22.7 Å². The van der Waals surface area contributed by atoms with E-state index in [1.54, 1.807) is 22.7 Å². The molecule has 0 unspecified atom stereocenters. The smallest absolute Gasteiger partial charge is 0.223 e. The molecule has 0 saturated carbocycles. The first kappa shape index (κ1) is 37.7. The quantitative estimate of drug-likeness (QED) is 0.178. The van der Waals surface area contributed by atoms with Crippen LogP contribution in [0.4, 0.5) is 10.3 Å². The summed E-state index contributed by atoms with van der Waals surface area (Å²) in [7, 11) is 0. The average Bonchev–Trinajstić information content (AvgIpc) is 3.64. The van der Waals surface area contributed by atoms with E-state index in [0.29, 0.717) is 22.1 Å². The maximum Gasteiger partial charge on any atom is 0.223 e. The van der Waals surface area contributed by atoms with Gasteiger partial charge in [-0.3, -0.25) is 29.4 Å². The molecule has 10 nitrogen and oxygen atoms in total. The Morgan fingerprint density at radius 3 is 1.42 bits per heavy atom. The molecule has 2 aliphatic heterocycles. The minimum atomic E-state index is -0.0677. The standard InChI is InChI=1S/2C19H26N4OS/c2*1-13-7-17(8-14(2)21-13)9-16-5-4-6-23(11-16)12-18-10-20-19(25-18)22-15(3)24/h2*7-8,10,16H,4-6,9,11-12H2,1-3H3,(H,20,22,24)/t2*16-/m10/s1. The van der Waals surface area contributed by atoms with Gasteiger partial charge in [-0.15, -0.1) is 22.7 Å². The van der Waals surface area contributed by atoms with Crippen molar-refractivity contribution in [2.75, 3.05) is 36.8 Å². The van der Waals surface area contributed by atoms with Crippen LogP contribution in [-0.4, -0.2) is 67.7 Å². The number of likely N-dealkylation sites (tertiary alicyclic amines) is 2. The van der Waals surface area contributed by atoms with Crippen LogP contribution in [0.5, 0.6) is 0 Å². The number of hydrogen-bond acceptors (Lipinski definition) is 10. The van der Waals surface area contributed by atoms with Crippen molar-refractivity contribution in [1.82, 2.24) is 29.7 Å². The van der Waals surface area contributed by atoms with E-state index in [1.165, 1.54) is 60.4 Å². The number of pyridine rings is 2. The lowest BCUT2D eigenvalue weighted by molar-refractivity contribution is -0.115. The van der Waals surface area contributed by atoms with Crippen molar-refractivity contribution in [2.45, 2.75) is 93.2 Å². The summed E-state index contributed by atoms with van der Waals surface area (Å²) in [5.41, 5.74) is 7.25. The Kier molecular flexibility index (Phi) is 13.6.